The smallest absolute Gasteiger partial charge is 0.220 e. The van der Waals surface area contributed by atoms with Crippen molar-refractivity contribution in [2.45, 2.75) is 59.4 Å². The van der Waals surface area contributed by atoms with Gasteiger partial charge in [-0.05, 0) is 42.9 Å². The molecule has 2 N–H and O–H groups in total. The van der Waals surface area contributed by atoms with Gasteiger partial charge in [-0.25, -0.2) is 4.98 Å². The fourth-order valence-electron chi connectivity index (χ4n) is 3.14. The second kappa shape index (κ2) is 6.42. The van der Waals surface area contributed by atoms with Gasteiger partial charge in [0, 0.05) is 18.8 Å². The maximum atomic E-state index is 11.9. The quantitative estimate of drug-likeness (QED) is 0.887. The SMILES string of the molecule is CC(C)(C)C1CCC(CC(=O)NCc2ncc[nH]2)CC1. The summed E-state index contributed by atoms with van der Waals surface area (Å²) < 4.78 is 0. The second-order valence-electron chi connectivity index (χ2n) is 7.10. The molecule has 4 heteroatoms. The Labute approximate surface area is 121 Å². The summed E-state index contributed by atoms with van der Waals surface area (Å²) in [6.07, 6.45) is 9.05. The van der Waals surface area contributed by atoms with E-state index in [2.05, 4.69) is 36.1 Å². The van der Waals surface area contributed by atoms with Gasteiger partial charge in [0.05, 0.1) is 6.54 Å². The van der Waals surface area contributed by atoms with Crippen molar-refractivity contribution in [2.75, 3.05) is 0 Å². The fraction of sp³-hybridized carbons (Fsp3) is 0.750. The van der Waals surface area contributed by atoms with Crippen LogP contribution in [0.5, 0.6) is 0 Å². The lowest BCUT2D eigenvalue weighted by Gasteiger charge is -2.36. The third-order valence-electron chi connectivity index (χ3n) is 4.55. The Morgan fingerprint density at radius 3 is 2.60 bits per heavy atom. The van der Waals surface area contributed by atoms with Crippen LogP contribution in [0.2, 0.25) is 0 Å². The van der Waals surface area contributed by atoms with Crippen molar-refractivity contribution >= 4 is 5.91 Å². The number of rotatable bonds is 4. The number of aromatic amines is 1. The van der Waals surface area contributed by atoms with Crippen LogP contribution < -0.4 is 5.32 Å². The summed E-state index contributed by atoms with van der Waals surface area (Å²) in [7, 11) is 0. The Balaban J connectivity index is 1.68. The zero-order valence-corrected chi connectivity index (χ0v) is 12.9. The normalized spacial score (nSPS) is 23.6. The summed E-state index contributed by atoms with van der Waals surface area (Å²) in [6.45, 7) is 7.49. The zero-order valence-electron chi connectivity index (χ0n) is 12.9. The summed E-state index contributed by atoms with van der Waals surface area (Å²) in [5.74, 6) is 2.34. The molecule has 0 aliphatic heterocycles. The maximum absolute atomic E-state index is 11.9. The van der Waals surface area contributed by atoms with Crippen LogP contribution in [0.1, 0.15) is 58.7 Å². The summed E-state index contributed by atoms with van der Waals surface area (Å²) in [5.41, 5.74) is 0.409. The maximum Gasteiger partial charge on any atom is 0.220 e. The highest BCUT2D eigenvalue weighted by Gasteiger charge is 2.30. The highest BCUT2D eigenvalue weighted by atomic mass is 16.1. The first-order valence-electron chi connectivity index (χ1n) is 7.70. The van der Waals surface area contributed by atoms with E-state index in [0.717, 1.165) is 11.7 Å². The van der Waals surface area contributed by atoms with Crippen molar-refractivity contribution < 1.29 is 4.79 Å². The highest BCUT2D eigenvalue weighted by molar-refractivity contribution is 5.76. The molecule has 0 saturated heterocycles. The zero-order chi connectivity index (χ0) is 14.6. The molecule has 2 rings (SSSR count). The van der Waals surface area contributed by atoms with E-state index in [1.807, 2.05) is 0 Å². The lowest BCUT2D eigenvalue weighted by molar-refractivity contribution is -0.122. The molecule has 0 atom stereocenters. The Morgan fingerprint density at radius 1 is 1.35 bits per heavy atom. The third-order valence-corrected chi connectivity index (χ3v) is 4.55. The summed E-state index contributed by atoms with van der Waals surface area (Å²) in [4.78, 5) is 19.0. The van der Waals surface area contributed by atoms with Crippen LogP contribution in [0, 0.1) is 17.3 Å². The van der Waals surface area contributed by atoms with E-state index in [1.54, 1.807) is 12.4 Å². The molecule has 1 aliphatic rings. The van der Waals surface area contributed by atoms with Crippen molar-refractivity contribution in [3.63, 3.8) is 0 Å². The summed E-state index contributed by atoms with van der Waals surface area (Å²) in [6, 6.07) is 0. The summed E-state index contributed by atoms with van der Waals surface area (Å²) in [5, 5.41) is 2.94. The van der Waals surface area contributed by atoms with E-state index >= 15 is 0 Å². The molecule has 20 heavy (non-hydrogen) atoms. The highest BCUT2D eigenvalue weighted by Crippen LogP contribution is 2.40. The molecule has 0 unspecified atom stereocenters. The van der Waals surface area contributed by atoms with E-state index in [-0.39, 0.29) is 5.91 Å². The van der Waals surface area contributed by atoms with Crippen molar-refractivity contribution in [3.05, 3.63) is 18.2 Å². The van der Waals surface area contributed by atoms with E-state index in [4.69, 9.17) is 0 Å². The molecule has 0 radical (unpaired) electrons. The van der Waals surface area contributed by atoms with Crippen molar-refractivity contribution in [1.82, 2.24) is 15.3 Å². The second-order valence-corrected chi connectivity index (χ2v) is 7.10. The number of amides is 1. The van der Waals surface area contributed by atoms with Crippen molar-refractivity contribution in [1.29, 1.82) is 0 Å². The number of hydrogen-bond donors (Lipinski definition) is 2. The Kier molecular flexibility index (Phi) is 4.84. The van der Waals surface area contributed by atoms with Gasteiger partial charge >= 0.3 is 0 Å². The first kappa shape index (κ1) is 15.1. The molecule has 0 bridgehead atoms. The van der Waals surface area contributed by atoms with Crippen LogP contribution >= 0.6 is 0 Å². The van der Waals surface area contributed by atoms with Gasteiger partial charge in [0.25, 0.3) is 0 Å². The Bertz CT molecular complexity index is 411. The average molecular weight is 277 g/mol. The largest absolute Gasteiger partial charge is 0.349 e. The standard InChI is InChI=1S/C16H27N3O/c1-16(2,3)13-6-4-12(5-7-13)10-15(20)19-11-14-17-8-9-18-14/h8-9,12-13H,4-7,10-11H2,1-3H3,(H,17,18)(H,19,20). The molecule has 1 fully saturated rings. The van der Waals surface area contributed by atoms with E-state index in [9.17, 15) is 4.79 Å². The average Bonchev–Trinajstić information content (AvgIpc) is 2.89. The summed E-state index contributed by atoms with van der Waals surface area (Å²) >= 11 is 0. The van der Waals surface area contributed by atoms with Crippen LogP contribution in [-0.2, 0) is 11.3 Å². The van der Waals surface area contributed by atoms with Crippen LogP contribution in [0.25, 0.3) is 0 Å². The number of nitrogens with zero attached hydrogens (tertiary/aromatic N) is 1. The first-order valence-corrected chi connectivity index (χ1v) is 7.70. The minimum absolute atomic E-state index is 0.153. The molecule has 0 spiro atoms. The minimum atomic E-state index is 0.153. The van der Waals surface area contributed by atoms with Gasteiger partial charge in [-0.1, -0.05) is 20.8 Å². The van der Waals surface area contributed by atoms with Crippen LogP contribution in [0.4, 0.5) is 0 Å². The lowest BCUT2D eigenvalue weighted by atomic mass is 9.69. The van der Waals surface area contributed by atoms with Crippen LogP contribution in [0.3, 0.4) is 0 Å². The number of imidazole rings is 1. The van der Waals surface area contributed by atoms with Crippen molar-refractivity contribution in [2.24, 2.45) is 17.3 Å². The molecule has 112 valence electrons. The molecule has 1 aliphatic carbocycles. The molecule has 0 aromatic carbocycles. The molecule has 1 aromatic rings. The predicted octanol–water partition coefficient (Wildman–Crippen LogP) is 3.27. The minimum Gasteiger partial charge on any atom is -0.349 e. The van der Waals surface area contributed by atoms with E-state index in [1.165, 1.54) is 25.7 Å². The predicted molar refractivity (Wildman–Crippen MR) is 80.0 cm³/mol. The van der Waals surface area contributed by atoms with Gasteiger partial charge in [0.1, 0.15) is 5.82 Å². The lowest BCUT2D eigenvalue weighted by Crippen LogP contribution is -2.30. The van der Waals surface area contributed by atoms with Gasteiger partial charge in [-0.3, -0.25) is 4.79 Å². The van der Waals surface area contributed by atoms with Crippen LogP contribution in [0.15, 0.2) is 12.4 Å². The van der Waals surface area contributed by atoms with E-state index < -0.39 is 0 Å². The van der Waals surface area contributed by atoms with Crippen molar-refractivity contribution in [3.8, 4) is 0 Å². The van der Waals surface area contributed by atoms with Gasteiger partial charge in [0.2, 0.25) is 5.91 Å². The van der Waals surface area contributed by atoms with Gasteiger partial charge in [-0.2, -0.15) is 0 Å². The molecular weight excluding hydrogens is 250 g/mol. The first-order chi connectivity index (χ1) is 9.45. The van der Waals surface area contributed by atoms with Gasteiger partial charge < -0.3 is 10.3 Å². The molecule has 1 amide bonds. The number of aromatic nitrogens is 2. The third kappa shape index (κ3) is 4.36. The molecule has 1 saturated carbocycles. The number of carbonyl (C=O) groups excluding carboxylic acids is 1. The van der Waals surface area contributed by atoms with Gasteiger partial charge in [-0.15, -0.1) is 0 Å². The topological polar surface area (TPSA) is 57.8 Å². The van der Waals surface area contributed by atoms with Gasteiger partial charge in [0.15, 0.2) is 0 Å². The number of nitrogens with one attached hydrogen (secondary N) is 2. The van der Waals surface area contributed by atoms with E-state index in [0.29, 0.717) is 24.3 Å². The number of hydrogen-bond acceptors (Lipinski definition) is 2. The molecular formula is C16H27N3O. The molecule has 1 heterocycles. The molecule has 1 aromatic heterocycles. The Morgan fingerprint density at radius 2 is 2.05 bits per heavy atom. The number of H-pyrrole nitrogens is 1. The Hall–Kier alpha value is -1.32. The van der Waals surface area contributed by atoms with Crippen LogP contribution in [-0.4, -0.2) is 15.9 Å². The monoisotopic (exact) mass is 277 g/mol. The fourth-order valence-corrected chi connectivity index (χ4v) is 3.14. The number of carbonyl (C=O) groups is 1. The molecule has 4 nitrogen and oxygen atoms in total.